The Kier molecular flexibility index (Phi) is 8.13. The molecule has 0 aliphatic carbocycles. The number of carbonyl (C=O) groups excluding carboxylic acids is 1. The fourth-order valence-electron chi connectivity index (χ4n) is 3.22. The second-order valence-corrected chi connectivity index (χ2v) is 8.66. The van der Waals surface area contributed by atoms with Crippen molar-refractivity contribution < 1.29 is 9.53 Å². The minimum atomic E-state index is -0.0149. The van der Waals surface area contributed by atoms with E-state index in [4.69, 9.17) is 9.72 Å². The number of amides is 1. The van der Waals surface area contributed by atoms with Crippen LogP contribution in [0.5, 0.6) is 5.75 Å². The molecular weight excluding hydrogens is 414 g/mol. The van der Waals surface area contributed by atoms with Crippen molar-refractivity contribution in [3.63, 3.8) is 0 Å². The Bertz CT molecular complexity index is 968. The minimum Gasteiger partial charge on any atom is -0.494 e. The predicted molar refractivity (Wildman–Crippen MR) is 128 cm³/mol. The molecule has 1 heterocycles. The number of carbonyl (C=O) groups is 1. The molecule has 3 rings (SSSR count). The molecule has 0 fully saturated rings. The highest BCUT2D eigenvalue weighted by molar-refractivity contribution is 7.98. The van der Waals surface area contributed by atoms with Gasteiger partial charge in [0.05, 0.1) is 16.8 Å². The number of rotatable bonds is 10. The smallest absolute Gasteiger partial charge is 0.260 e. The highest BCUT2D eigenvalue weighted by atomic mass is 32.2. The van der Waals surface area contributed by atoms with Gasteiger partial charge in [-0.1, -0.05) is 25.2 Å². The first kappa shape index (κ1) is 22.6. The number of thioether (sulfide) groups is 1. The number of nitrogens with zero attached hydrogens (tertiary/aromatic N) is 3. The molecule has 2 aromatic carbocycles. The second-order valence-electron chi connectivity index (χ2n) is 6.77. The van der Waals surface area contributed by atoms with Crippen molar-refractivity contribution >= 4 is 44.4 Å². The zero-order valence-corrected chi connectivity index (χ0v) is 19.7. The summed E-state index contributed by atoms with van der Waals surface area (Å²) in [4.78, 5) is 23.5. The Balaban J connectivity index is 1.93. The molecule has 0 saturated carbocycles. The molecule has 0 spiro atoms. The Morgan fingerprint density at radius 1 is 1.07 bits per heavy atom. The number of ether oxygens (including phenoxy) is 1. The molecule has 0 N–H and O–H groups in total. The molecule has 1 amide bonds. The molecule has 1 aromatic heterocycles. The minimum absolute atomic E-state index is 0.0149. The number of aromatic nitrogens is 1. The molecule has 7 heteroatoms. The summed E-state index contributed by atoms with van der Waals surface area (Å²) in [6.45, 7) is 10.2. The van der Waals surface area contributed by atoms with Crippen LogP contribution < -0.4 is 9.64 Å². The van der Waals surface area contributed by atoms with Gasteiger partial charge in [0.1, 0.15) is 5.75 Å². The third-order valence-corrected chi connectivity index (χ3v) is 6.79. The van der Waals surface area contributed by atoms with E-state index in [1.807, 2.05) is 60.5 Å². The van der Waals surface area contributed by atoms with Crippen molar-refractivity contribution in [3.8, 4) is 5.75 Å². The standard InChI is InChI=1S/C23H29N3O2S2/c1-5-25(6-2)14-15-26(22(27)17-8-11-19(29-4)12-9-17)23-24-20-13-10-18(28-7-3)16-21(20)30-23/h8-13,16H,5-7,14-15H2,1-4H3. The van der Waals surface area contributed by atoms with Gasteiger partial charge in [0.2, 0.25) is 0 Å². The van der Waals surface area contributed by atoms with Crippen LogP contribution in [0.25, 0.3) is 10.2 Å². The van der Waals surface area contributed by atoms with Crippen molar-refractivity contribution in [3.05, 3.63) is 48.0 Å². The lowest BCUT2D eigenvalue weighted by Gasteiger charge is -2.24. The zero-order valence-electron chi connectivity index (χ0n) is 18.1. The summed E-state index contributed by atoms with van der Waals surface area (Å²) in [5.41, 5.74) is 1.57. The van der Waals surface area contributed by atoms with E-state index in [1.165, 1.54) is 11.3 Å². The Hall–Kier alpha value is -2.09. The quantitative estimate of drug-likeness (QED) is 0.392. The average Bonchev–Trinajstić information content (AvgIpc) is 3.19. The number of anilines is 1. The van der Waals surface area contributed by atoms with E-state index >= 15 is 0 Å². The number of hydrogen-bond donors (Lipinski definition) is 0. The normalized spacial score (nSPS) is 11.2. The lowest BCUT2D eigenvalue weighted by Crippen LogP contribution is -2.38. The van der Waals surface area contributed by atoms with Crippen molar-refractivity contribution in [1.29, 1.82) is 0 Å². The lowest BCUT2D eigenvalue weighted by atomic mass is 10.2. The number of hydrogen-bond acceptors (Lipinski definition) is 6. The van der Waals surface area contributed by atoms with E-state index < -0.39 is 0 Å². The first-order valence-electron chi connectivity index (χ1n) is 10.3. The molecule has 0 aliphatic heterocycles. The lowest BCUT2D eigenvalue weighted by molar-refractivity contribution is 0.0983. The first-order valence-corrected chi connectivity index (χ1v) is 12.3. The average molecular weight is 444 g/mol. The third-order valence-electron chi connectivity index (χ3n) is 5.01. The van der Waals surface area contributed by atoms with Crippen LogP contribution in [0.15, 0.2) is 47.4 Å². The summed E-state index contributed by atoms with van der Waals surface area (Å²) >= 11 is 3.20. The monoisotopic (exact) mass is 443 g/mol. The van der Waals surface area contributed by atoms with Gasteiger partial charge in [-0.25, -0.2) is 4.98 Å². The van der Waals surface area contributed by atoms with Gasteiger partial charge in [-0.05, 0) is 68.7 Å². The van der Waals surface area contributed by atoms with Crippen LogP contribution >= 0.6 is 23.1 Å². The number of benzene rings is 2. The molecule has 30 heavy (non-hydrogen) atoms. The zero-order chi connectivity index (χ0) is 21.5. The summed E-state index contributed by atoms with van der Waals surface area (Å²) in [5.74, 6) is 0.813. The highest BCUT2D eigenvalue weighted by Gasteiger charge is 2.22. The molecule has 0 atom stereocenters. The van der Waals surface area contributed by atoms with Crippen LogP contribution in [0.3, 0.4) is 0 Å². The predicted octanol–water partition coefficient (Wildman–Crippen LogP) is 5.41. The highest BCUT2D eigenvalue weighted by Crippen LogP contribution is 2.32. The Morgan fingerprint density at radius 2 is 1.80 bits per heavy atom. The summed E-state index contributed by atoms with van der Waals surface area (Å²) in [6.07, 6.45) is 2.03. The van der Waals surface area contributed by atoms with Crippen LogP contribution in [-0.4, -0.2) is 54.8 Å². The first-order chi connectivity index (χ1) is 14.6. The van der Waals surface area contributed by atoms with Crippen LogP contribution in [-0.2, 0) is 0 Å². The van der Waals surface area contributed by atoms with E-state index in [0.29, 0.717) is 18.7 Å². The maximum atomic E-state index is 13.4. The molecule has 0 unspecified atom stereocenters. The van der Waals surface area contributed by atoms with Crippen molar-refractivity contribution in [2.75, 3.05) is 43.9 Å². The fourth-order valence-corrected chi connectivity index (χ4v) is 4.65. The summed E-state index contributed by atoms with van der Waals surface area (Å²) in [7, 11) is 0. The van der Waals surface area contributed by atoms with Gasteiger partial charge in [0.25, 0.3) is 5.91 Å². The molecule has 0 bridgehead atoms. The Morgan fingerprint density at radius 3 is 2.43 bits per heavy atom. The molecule has 3 aromatic rings. The van der Waals surface area contributed by atoms with Gasteiger partial charge in [0, 0.05) is 23.5 Å². The van der Waals surface area contributed by atoms with Crippen molar-refractivity contribution in [1.82, 2.24) is 9.88 Å². The summed E-state index contributed by atoms with van der Waals surface area (Å²) in [6, 6.07) is 13.7. The van der Waals surface area contributed by atoms with Gasteiger partial charge in [-0.2, -0.15) is 0 Å². The molecule has 5 nitrogen and oxygen atoms in total. The number of thiazole rings is 1. The van der Waals surface area contributed by atoms with Crippen LogP contribution in [0, 0.1) is 0 Å². The summed E-state index contributed by atoms with van der Waals surface area (Å²) in [5, 5.41) is 0.727. The van der Waals surface area contributed by atoms with Gasteiger partial charge < -0.3 is 9.64 Å². The van der Waals surface area contributed by atoms with Gasteiger partial charge in [0.15, 0.2) is 5.13 Å². The van der Waals surface area contributed by atoms with Crippen LogP contribution in [0.1, 0.15) is 31.1 Å². The van der Waals surface area contributed by atoms with Gasteiger partial charge in [-0.15, -0.1) is 11.8 Å². The Labute approximate surface area is 187 Å². The second kappa shape index (κ2) is 10.8. The molecule has 0 saturated heterocycles. The van der Waals surface area contributed by atoms with E-state index in [-0.39, 0.29) is 5.91 Å². The number of fused-ring (bicyclic) bond motifs is 1. The van der Waals surface area contributed by atoms with Gasteiger partial charge >= 0.3 is 0 Å². The maximum Gasteiger partial charge on any atom is 0.260 e. The van der Waals surface area contributed by atoms with Crippen LogP contribution in [0.2, 0.25) is 0 Å². The molecular formula is C23H29N3O2S2. The molecule has 0 aliphatic rings. The fraction of sp³-hybridized carbons (Fsp3) is 0.391. The van der Waals surface area contributed by atoms with Gasteiger partial charge in [-0.3, -0.25) is 9.69 Å². The third kappa shape index (κ3) is 5.33. The maximum absolute atomic E-state index is 13.4. The largest absolute Gasteiger partial charge is 0.494 e. The van der Waals surface area contributed by atoms with E-state index in [9.17, 15) is 4.79 Å². The van der Waals surface area contributed by atoms with E-state index in [2.05, 4.69) is 18.7 Å². The SMILES string of the molecule is CCOc1ccc2nc(N(CCN(CC)CC)C(=O)c3ccc(SC)cc3)sc2c1. The summed E-state index contributed by atoms with van der Waals surface area (Å²) < 4.78 is 6.64. The van der Waals surface area contributed by atoms with Crippen molar-refractivity contribution in [2.24, 2.45) is 0 Å². The van der Waals surface area contributed by atoms with E-state index in [1.54, 1.807) is 11.8 Å². The van der Waals surface area contributed by atoms with Crippen LogP contribution in [0.4, 0.5) is 5.13 Å². The molecule has 160 valence electrons. The van der Waals surface area contributed by atoms with Crippen molar-refractivity contribution in [2.45, 2.75) is 25.7 Å². The van der Waals surface area contributed by atoms with E-state index in [0.717, 1.165) is 45.6 Å². The number of likely N-dealkylation sites (N-methyl/N-ethyl adjacent to an activating group) is 1. The topological polar surface area (TPSA) is 45.7 Å². The molecule has 0 radical (unpaired) electrons.